The summed E-state index contributed by atoms with van der Waals surface area (Å²) in [5.41, 5.74) is 5.33. The Morgan fingerprint density at radius 1 is 1.50 bits per heavy atom. The molecule has 0 bridgehead atoms. The van der Waals surface area contributed by atoms with Gasteiger partial charge in [-0.3, -0.25) is 4.79 Å². The van der Waals surface area contributed by atoms with Crippen molar-refractivity contribution in [1.29, 1.82) is 0 Å². The van der Waals surface area contributed by atoms with E-state index in [1.165, 1.54) is 12.8 Å². The standard InChI is InChI=1S/C10H18N2OS/c1-14-8-4-2-3-7(8)12-9(13)10(11)5-6-10/h7-8H,2-6,11H2,1H3,(H,12,13). The minimum atomic E-state index is -0.508. The van der Waals surface area contributed by atoms with Crippen LogP contribution in [0, 0.1) is 0 Å². The number of rotatable bonds is 3. The van der Waals surface area contributed by atoms with E-state index < -0.39 is 5.54 Å². The van der Waals surface area contributed by atoms with Gasteiger partial charge in [-0.05, 0) is 31.9 Å². The lowest BCUT2D eigenvalue weighted by molar-refractivity contribution is -0.123. The summed E-state index contributed by atoms with van der Waals surface area (Å²) in [6.07, 6.45) is 7.40. The number of thioether (sulfide) groups is 1. The molecule has 0 spiro atoms. The minimum absolute atomic E-state index is 0.0726. The van der Waals surface area contributed by atoms with E-state index in [-0.39, 0.29) is 5.91 Å². The van der Waals surface area contributed by atoms with E-state index in [2.05, 4.69) is 11.6 Å². The zero-order chi connectivity index (χ0) is 10.2. The molecule has 4 heteroatoms. The highest BCUT2D eigenvalue weighted by atomic mass is 32.2. The molecule has 0 aromatic carbocycles. The lowest BCUT2D eigenvalue weighted by Crippen LogP contribution is -2.48. The van der Waals surface area contributed by atoms with E-state index in [0.29, 0.717) is 11.3 Å². The molecule has 2 fully saturated rings. The molecule has 3 nitrogen and oxygen atoms in total. The maximum atomic E-state index is 11.7. The molecule has 2 unspecified atom stereocenters. The molecule has 0 heterocycles. The molecule has 2 saturated carbocycles. The Kier molecular flexibility index (Phi) is 2.75. The van der Waals surface area contributed by atoms with Crippen LogP contribution < -0.4 is 11.1 Å². The Hall–Kier alpha value is -0.220. The number of carbonyl (C=O) groups is 1. The fourth-order valence-electron chi connectivity index (χ4n) is 2.05. The summed E-state index contributed by atoms with van der Waals surface area (Å²) in [6.45, 7) is 0. The second-order valence-corrected chi connectivity index (χ2v) is 5.52. The Morgan fingerprint density at radius 3 is 2.79 bits per heavy atom. The molecule has 14 heavy (non-hydrogen) atoms. The first-order valence-corrected chi connectivity index (χ1v) is 6.57. The maximum Gasteiger partial charge on any atom is 0.240 e. The van der Waals surface area contributed by atoms with Crippen LogP contribution in [-0.2, 0) is 4.79 Å². The number of carbonyl (C=O) groups excluding carboxylic acids is 1. The second-order valence-electron chi connectivity index (χ2n) is 4.44. The number of amides is 1. The van der Waals surface area contributed by atoms with Gasteiger partial charge in [0, 0.05) is 11.3 Å². The summed E-state index contributed by atoms with van der Waals surface area (Å²) in [7, 11) is 0. The van der Waals surface area contributed by atoms with Crippen molar-refractivity contribution in [2.24, 2.45) is 5.73 Å². The summed E-state index contributed by atoms with van der Waals surface area (Å²) >= 11 is 1.86. The normalized spacial score (nSPS) is 34.1. The van der Waals surface area contributed by atoms with Crippen LogP contribution in [0.4, 0.5) is 0 Å². The van der Waals surface area contributed by atoms with Gasteiger partial charge in [0.05, 0.1) is 5.54 Å². The van der Waals surface area contributed by atoms with Crippen molar-refractivity contribution in [1.82, 2.24) is 5.32 Å². The van der Waals surface area contributed by atoms with Gasteiger partial charge in [-0.2, -0.15) is 11.8 Å². The molecule has 0 aromatic rings. The molecule has 2 atom stereocenters. The Labute approximate surface area is 89.2 Å². The molecular formula is C10H18N2OS. The largest absolute Gasteiger partial charge is 0.351 e. The third kappa shape index (κ3) is 1.91. The van der Waals surface area contributed by atoms with Gasteiger partial charge in [-0.15, -0.1) is 0 Å². The highest BCUT2D eigenvalue weighted by Gasteiger charge is 2.47. The summed E-state index contributed by atoms with van der Waals surface area (Å²) in [6, 6.07) is 0.360. The van der Waals surface area contributed by atoms with Crippen molar-refractivity contribution in [3.63, 3.8) is 0 Å². The van der Waals surface area contributed by atoms with Crippen molar-refractivity contribution >= 4 is 17.7 Å². The topological polar surface area (TPSA) is 55.1 Å². The number of hydrogen-bond acceptors (Lipinski definition) is 3. The predicted molar refractivity (Wildman–Crippen MR) is 59.2 cm³/mol. The van der Waals surface area contributed by atoms with Crippen molar-refractivity contribution in [3.8, 4) is 0 Å². The zero-order valence-electron chi connectivity index (χ0n) is 8.58. The van der Waals surface area contributed by atoms with E-state index in [4.69, 9.17) is 5.73 Å². The maximum absolute atomic E-state index is 11.7. The quantitative estimate of drug-likeness (QED) is 0.733. The summed E-state index contributed by atoms with van der Waals surface area (Å²) in [5.74, 6) is 0.0726. The van der Waals surface area contributed by atoms with Crippen LogP contribution >= 0.6 is 11.8 Å². The third-order valence-electron chi connectivity index (χ3n) is 3.31. The van der Waals surface area contributed by atoms with Gasteiger partial charge in [0.25, 0.3) is 0 Å². The zero-order valence-corrected chi connectivity index (χ0v) is 9.40. The minimum Gasteiger partial charge on any atom is -0.351 e. The molecular weight excluding hydrogens is 196 g/mol. The first-order valence-electron chi connectivity index (χ1n) is 5.28. The molecule has 2 aliphatic carbocycles. The van der Waals surface area contributed by atoms with E-state index in [9.17, 15) is 4.79 Å². The van der Waals surface area contributed by atoms with Crippen LogP contribution in [0.3, 0.4) is 0 Å². The van der Waals surface area contributed by atoms with Crippen LogP contribution in [0.2, 0.25) is 0 Å². The van der Waals surface area contributed by atoms with E-state index in [0.717, 1.165) is 19.3 Å². The van der Waals surface area contributed by atoms with Crippen molar-refractivity contribution in [3.05, 3.63) is 0 Å². The van der Waals surface area contributed by atoms with Crippen molar-refractivity contribution in [2.45, 2.75) is 48.9 Å². The Balaban J connectivity index is 1.87. The van der Waals surface area contributed by atoms with Crippen LogP contribution in [0.1, 0.15) is 32.1 Å². The first-order chi connectivity index (χ1) is 6.65. The summed E-state index contributed by atoms with van der Waals surface area (Å²) < 4.78 is 0. The first kappa shape index (κ1) is 10.3. The molecule has 3 N–H and O–H groups in total. The van der Waals surface area contributed by atoms with E-state index in [1.807, 2.05) is 11.8 Å². The fraction of sp³-hybridized carbons (Fsp3) is 0.900. The Bertz CT molecular complexity index is 240. The monoisotopic (exact) mass is 214 g/mol. The van der Waals surface area contributed by atoms with Crippen LogP contribution in [0.25, 0.3) is 0 Å². The number of nitrogens with one attached hydrogen (secondary N) is 1. The molecule has 0 aromatic heterocycles. The molecule has 80 valence electrons. The van der Waals surface area contributed by atoms with Crippen LogP contribution in [0.5, 0.6) is 0 Å². The summed E-state index contributed by atoms with van der Waals surface area (Å²) in [5, 5.41) is 3.70. The predicted octanol–water partition coefficient (Wildman–Crippen LogP) is 0.878. The smallest absolute Gasteiger partial charge is 0.240 e. The molecule has 2 rings (SSSR count). The third-order valence-corrected chi connectivity index (χ3v) is 4.48. The van der Waals surface area contributed by atoms with Gasteiger partial charge in [0.1, 0.15) is 0 Å². The van der Waals surface area contributed by atoms with E-state index in [1.54, 1.807) is 0 Å². The average Bonchev–Trinajstić information content (AvgIpc) is 2.78. The Morgan fingerprint density at radius 2 is 2.21 bits per heavy atom. The van der Waals surface area contributed by atoms with Gasteiger partial charge in [-0.25, -0.2) is 0 Å². The highest BCUT2D eigenvalue weighted by molar-refractivity contribution is 7.99. The molecule has 0 radical (unpaired) electrons. The lowest BCUT2D eigenvalue weighted by atomic mass is 10.2. The van der Waals surface area contributed by atoms with Gasteiger partial charge in [0.2, 0.25) is 5.91 Å². The molecule has 2 aliphatic rings. The fourth-order valence-corrected chi connectivity index (χ4v) is 2.98. The number of nitrogens with two attached hydrogens (primary N) is 1. The summed E-state index contributed by atoms with van der Waals surface area (Å²) in [4.78, 5) is 11.7. The van der Waals surface area contributed by atoms with E-state index >= 15 is 0 Å². The highest BCUT2D eigenvalue weighted by Crippen LogP contribution is 2.34. The van der Waals surface area contributed by atoms with Gasteiger partial charge >= 0.3 is 0 Å². The van der Waals surface area contributed by atoms with Crippen LogP contribution in [0.15, 0.2) is 0 Å². The van der Waals surface area contributed by atoms with Gasteiger partial charge in [0.15, 0.2) is 0 Å². The molecule has 0 saturated heterocycles. The second kappa shape index (κ2) is 3.74. The average molecular weight is 214 g/mol. The van der Waals surface area contributed by atoms with Gasteiger partial charge in [-0.1, -0.05) is 6.42 Å². The molecule has 1 amide bonds. The van der Waals surface area contributed by atoms with Crippen molar-refractivity contribution < 1.29 is 4.79 Å². The lowest BCUT2D eigenvalue weighted by Gasteiger charge is -2.21. The van der Waals surface area contributed by atoms with Crippen molar-refractivity contribution in [2.75, 3.05) is 6.26 Å². The number of hydrogen-bond donors (Lipinski definition) is 2. The van der Waals surface area contributed by atoms with Gasteiger partial charge < -0.3 is 11.1 Å². The molecule has 0 aliphatic heterocycles. The SMILES string of the molecule is CSC1CCCC1NC(=O)C1(N)CC1. The van der Waals surface area contributed by atoms with Crippen LogP contribution in [-0.4, -0.2) is 29.0 Å².